The maximum Gasteiger partial charge on any atom is 0.256 e. The van der Waals surface area contributed by atoms with Crippen LogP contribution >= 0.6 is 11.8 Å². The van der Waals surface area contributed by atoms with Crippen molar-refractivity contribution >= 4 is 23.6 Å². The minimum absolute atomic E-state index is 0.0452. The second kappa shape index (κ2) is 6.16. The van der Waals surface area contributed by atoms with Crippen LogP contribution in [0.2, 0.25) is 0 Å². The van der Waals surface area contributed by atoms with Crippen molar-refractivity contribution in [3.05, 3.63) is 71.3 Å². The van der Waals surface area contributed by atoms with Crippen molar-refractivity contribution in [2.75, 3.05) is 0 Å². The fraction of sp³-hybridized carbons (Fsp3) is 0.333. The molecule has 0 spiro atoms. The second-order valence-electron chi connectivity index (χ2n) is 7.42. The van der Waals surface area contributed by atoms with Crippen LogP contribution in [0.5, 0.6) is 0 Å². The predicted molar refractivity (Wildman–Crippen MR) is 104 cm³/mol. The molecule has 2 amide bonds. The maximum absolute atomic E-state index is 13.2. The van der Waals surface area contributed by atoms with Gasteiger partial charge in [0.15, 0.2) is 0 Å². The molecule has 5 heteroatoms. The number of carbonyl (C=O) groups excluding carboxylic acids is 2. The van der Waals surface area contributed by atoms with E-state index in [1.165, 1.54) is 0 Å². The van der Waals surface area contributed by atoms with Crippen LogP contribution in [0.25, 0.3) is 0 Å². The van der Waals surface area contributed by atoms with Crippen molar-refractivity contribution in [3.63, 3.8) is 0 Å². The molecule has 26 heavy (non-hydrogen) atoms. The molecule has 2 aliphatic rings. The van der Waals surface area contributed by atoms with E-state index >= 15 is 0 Å². The molecule has 0 saturated carbocycles. The van der Waals surface area contributed by atoms with Crippen molar-refractivity contribution < 1.29 is 9.59 Å². The Morgan fingerprint density at radius 2 is 1.77 bits per heavy atom. The highest BCUT2D eigenvalue weighted by atomic mass is 32.2. The van der Waals surface area contributed by atoms with E-state index in [0.29, 0.717) is 0 Å². The first-order chi connectivity index (χ1) is 12.4. The molecule has 2 heterocycles. The van der Waals surface area contributed by atoms with Crippen LogP contribution in [0, 0.1) is 0 Å². The number of benzene rings is 2. The highest BCUT2D eigenvalue weighted by Crippen LogP contribution is 2.56. The molecule has 0 radical (unpaired) electrons. The molecule has 1 fully saturated rings. The smallest absolute Gasteiger partial charge is 0.256 e. The largest absolute Gasteiger partial charge is 0.348 e. The lowest BCUT2D eigenvalue weighted by atomic mass is 9.99. The van der Waals surface area contributed by atoms with Gasteiger partial charge in [-0.2, -0.15) is 0 Å². The molecule has 4 nitrogen and oxygen atoms in total. The zero-order chi connectivity index (χ0) is 18.5. The predicted octanol–water partition coefficient (Wildman–Crippen LogP) is 3.91. The SMILES string of the molecule is C[C@@H](NC(=O)[C@H]1N2C(=O)c3ccccc3[C@@H]2SC1(C)C)c1ccccc1. The molecule has 0 aromatic heterocycles. The van der Waals surface area contributed by atoms with Gasteiger partial charge in [0.2, 0.25) is 5.91 Å². The standard InChI is InChI=1S/C21H22N2O2S/c1-13(14-9-5-4-6-10-14)22-18(24)17-21(2,3)26-20-16-12-8-7-11-15(16)19(25)23(17)20/h4-13,17,20H,1-3H3,(H,22,24)/t13-,17-,20+/m1/s1. The monoisotopic (exact) mass is 366 g/mol. The first-order valence-corrected chi connectivity index (χ1v) is 9.73. The first-order valence-electron chi connectivity index (χ1n) is 8.85. The Hall–Kier alpha value is -2.27. The van der Waals surface area contributed by atoms with Gasteiger partial charge in [0.05, 0.1) is 6.04 Å². The summed E-state index contributed by atoms with van der Waals surface area (Å²) in [6.07, 6.45) is 0. The molecule has 2 aromatic carbocycles. The zero-order valence-corrected chi connectivity index (χ0v) is 15.9. The number of rotatable bonds is 3. The molecule has 0 bridgehead atoms. The Kier molecular flexibility index (Phi) is 4.07. The average Bonchev–Trinajstić information content (AvgIpc) is 3.06. The summed E-state index contributed by atoms with van der Waals surface area (Å²) in [6, 6.07) is 17.0. The van der Waals surface area contributed by atoms with Crippen LogP contribution in [0.15, 0.2) is 54.6 Å². The van der Waals surface area contributed by atoms with E-state index in [4.69, 9.17) is 0 Å². The van der Waals surface area contributed by atoms with Crippen LogP contribution in [-0.2, 0) is 4.79 Å². The van der Waals surface area contributed by atoms with Gasteiger partial charge in [0.1, 0.15) is 11.4 Å². The van der Waals surface area contributed by atoms with E-state index in [-0.39, 0.29) is 28.0 Å². The van der Waals surface area contributed by atoms with Gasteiger partial charge in [-0.05, 0) is 38.0 Å². The minimum atomic E-state index is -0.497. The summed E-state index contributed by atoms with van der Waals surface area (Å²) in [5.41, 5.74) is 2.79. The van der Waals surface area contributed by atoms with Gasteiger partial charge in [-0.25, -0.2) is 0 Å². The Labute approximate surface area is 158 Å². The normalized spacial score (nSPS) is 24.1. The Balaban J connectivity index is 1.62. The summed E-state index contributed by atoms with van der Waals surface area (Å²) >= 11 is 1.69. The molecule has 2 aromatic rings. The fourth-order valence-electron chi connectivity index (χ4n) is 3.92. The number of nitrogens with one attached hydrogen (secondary N) is 1. The highest BCUT2D eigenvalue weighted by molar-refractivity contribution is 8.01. The van der Waals surface area contributed by atoms with Crippen molar-refractivity contribution in [3.8, 4) is 0 Å². The van der Waals surface area contributed by atoms with Crippen molar-refractivity contribution in [1.82, 2.24) is 10.2 Å². The maximum atomic E-state index is 13.2. The van der Waals surface area contributed by atoms with Gasteiger partial charge in [-0.1, -0.05) is 48.5 Å². The first kappa shape index (κ1) is 17.2. The minimum Gasteiger partial charge on any atom is -0.348 e. The third-order valence-corrected chi connectivity index (χ3v) is 6.74. The number of nitrogens with zero attached hydrogens (tertiary/aromatic N) is 1. The number of amides is 2. The Morgan fingerprint density at radius 1 is 1.12 bits per heavy atom. The molecule has 0 unspecified atom stereocenters. The summed E-state index contributed by atoms with van der Waals surface area (Å²) in [6.45, 7) is 6.06. The van der Waals surface area contributed by atoms with E-state index in [1.807, 2.05) is 75.4 Å². The molecule has 1 saturated heterocycles. The van der Waals surface area contributed by atoms with E-state index in [0.717, 1.165) is 16.7 Å². The number of hydrogen-bond acceptors (Lipinski definition) is 3. The topological polar surface area (TPSA) is 49.4 Å². The third-order valence-electron chi connectivity index (χ3n) is 5.20. The van der Waals surface area contributed by atoms with Crippen molar-refractivity contribution in [2.24, 2.45) is 0 Å². The fourth-order valence-corrected chi connectivity index (χ4v) is 5.51. The summed E-state index contributed by atoms with van der Waals surface area (Å²) in [7, 11) is 0. The van der Waals surface area contributed by atoms with Gasteiger partial charge in [-0.15, -0.1) is 11.8 Å². The van der Waals surface area contributed by atoms with Gasteiger partial charge in [0, 0.05) is 10.3 Å². The van der Waals surface area contributed by atoms with Gasteiger partial charge in [0.25, 0.3) is 5.91 Å². The molecule has 3 atom stereocenters. The van der Waals surface area contributed by atoms with Crippen LogP contribution in [0.1, 0.15) is 53.7 Å². The van der Waals surface area contributed by atoms with Crippen LogP contribution in [0.4, 0.5) is 0 Å². The second-order valence-corrected chi connectivity index (χ2v) is 9.15. The third kappa shape index (κ3) is 2.62. The number of fused-ring (bicyclic) bond motifs is 3. The zero-order valence-electron chi connectivity index (χ0n) is 15.1. The summed E-state index contributed by atoms with van der Waals surface area (Å²) in [4.78, 5) is 27.9. The molecular formula is C21H22N2O2S. The van der Waals surface area contributed by atoms with E-state index in [1.54, 1.807) is 16.7 Å². The van der Waals surface area contributed by atoms with Crippen LogP contribution in [-0.4, -0.2) is 27.5 Å². The van der Waals surface area contributed by atoms with Crippen LogP contribution in [0.3, 0.4) is 0 Å². The van der Waals surface area contributed by atoms with Crippen molar-refractivity contribution in [1.29, 1.82) is 0 Å². The molecular weight excluding hydrogens is 344 g/mol. The molecule has 1 N–H and O–H groups in total. The molecule has 4 rings (SSSR count). The van der Waals surface area contributed by atoms with E-state index in [2.05, 4.69) is 5.32 Å². The quantitative estimate of drug-likeness (QED) is 0.896. The number of thioether (sulfide) groups is 1. The van der Waals surface area contributed by atoms with Crippen molar-refractivity contribution in [2.45, 2.75) is 43.0 Å². The Bertz CT molecular complexity index is 865. The summed E-state index contributed by atoms with van der Waals surface area (Å²) in [5, 5.41) is 3.02. The van der Waals surface area contributed by atoms with E-state index < -0.39 is 6.04 Å². The van der Waals surface area contributed by atoms with Gasteiger partial charge >= 0.3 is 0 Å². The lowest BCUT2D eigenvalue weighted by molar-refractivity contribution is -0.126. The Morgan fingerprint density at radius 3 is 2.50 bits per heavy atom. The highest BCUT2D eigenvalue weighted by Gasteiger charge is 2.57. The number of hydrogen-bond donors (Lipinski definition) is 1. The van der Waals surface area contributed by atoms with Crippen LogP contribution < -0.4 is 5.32 Å². The molecule has 0 aliphatic carbocycles. The molecule has 2 aliphatic heterocycles. The number of carbonyl (C=O) groups is 2. The summed E-state index contributed by atoms with van der Waals surface area (Å²) in [5.74, 6) is -0.140. The lowest BCUT2D eigenvalue weighted by Crippen LogP contribution is -2.52. The van der Waals surface area contributed by atoms with Gasteiger partial charge < -0.3 is 10.2 Å². The van der Waals surface area contributed by atoms with E-state index in [9.17, 15) is 9.59 Å². The lowest BCUT2D eigenvalue weighted by Gasteiger charge is -2.30. The van der Waals surface area contributed by atoms with Gasteiger partial charge in [-0.3, -0.25) is 9.59 Å². The summed E-state index contributed by atoms with van der Waals surface area (Å²) < 4.78 is -0.353. The average molecular weight is 366 g/mol. The molecule has 134 valence electrons.